The first-order valence-corrected chi connectivity index (χ1v) is 9.00. The molecule has 4 rings (SSSR count). The van der Waals surface area contributed by atoms with Crippen LogP contribution in [0.3, 0.4) is 0 Å². The molecule has 124 valence electrons. The van der Waals surface area contributed by atoms with Crippen LogP contribution in [-0.4, -0.2) is 24.7 Å². The Balaban J connectivity index is 1.60. The van der Waals surface area contributed by atoms with Crippen LogP contribution < -0.4 is 5.32 Å². The SMILES string of the molecule is Fc1cccc(C2(CNc3nc4ccccc4s3)CCOCC2)c1. The number of hydrogen-bond donors (Lipinski definition) is 1. The zero-order chi connectivity index (χ0) is 16.4. The molecular weight excluding hydrogens is 323 g/mol. The average molecular weight is 342 g/mol. The Morgan fingerprint density at radius 1 is 1.12 bits per heavy atom. The molecule has 1 aliphatic heterocycles. The van der Waals surface area contributed by atoms with E-state index in [4.69, 9.17) is 4.74 Å². The van der Waals surface area contributed by atoms with Crippen molar-refractivity contribution in [3.8, 4) is 0 Å². The number of fused-ring (bicyclic) bond motifs is 1. The van der Waals surface area contributed by atoms with Crippen molar-refractivity contribution in [1.82, 2.24) is 4.98 Å². The van der Waals surface area contributed by atoms with Crippen molar-refractivity contribution in [1.29, 1.82) is 0 Å². The van der Waals surface area contributed by atoms with Crippen LogP contribution in [0.1, 0.15) is 18.4 Å². The van der Waals surface area contributed by atoms with Crippen LogP contribution in [0, 0.1) is 5.82 Å². The highest BCUT2D eigenvalue weighted by Crippen LogP contribution is 2.36. The van der Waals surface area contributed by atoms with Gasteiger partial charge in [0.05, 0.1) is 10.2 Å². The molecular formula is C19H19FN2OS. The Morgan fingerprint density at radius 3 is 2.75 bits per heavy atom. The van der Waals surface area contributed by atoms with Gasteiger partial charge in [0.1, 0.15) is 5.82 Å². The van der Waals surface area contributed by atoms with Crippen LogP contribution in [-0.2, 0) is 10.2 Å². The minimum absolute atomic E-state index is 0.113. The molecule has 1 saturated heterocycles. The van der Waals surface area contributed by atoms with Gasteiger partial charge < -0.3 is 10.1 Å². The van der Waals surface area contributed by atoms with Gasteiger partial charge in [0.25, 0.3) is 0 Å². The van der Waals surface area contributed by atoms with Crippen molar-refractivity contribution in [3.63, 3.8) is 0 Å². The maximum atomic E-state index is 13.7. The lowest BCUT2D eigenvalue weighted by Crippen LogP contribution is -2.40. The molecule has 5 heteroatoms. The molecule has 0 radical (unpaired) electrons. The van der Waals surface area contributed by atoms with Crippen molar-refractivity contribution in [2.45, 2.75) is 18.3 Å². The molecule has 2 aromatic carbocycles. The lowest BCUT2D eigenvalue weighted by molar-refractivity contribution is 0.0543. The van der Waals surface area contributed by atoms with E-state index in [1.807, 2.05) is 24.3 Å². The van der Waals surface area contributed by atoms with Gasteiger partial charge in [-0.15, -0.1) is 0 Å². The fourth-order valence-electron chi connectivity index (χ4n) is 3.34. The fourth-order valence-corrected chi connectivity index (χ4v) is 4.20. The van der Waals surface area contributed by atoms with E-state index in [1.54, 1.807) is 23.5 Å². The van der Waals surface area contributed by atoms with E-state index in [2.05, 4.69) is 16.4 Å². The summed E-state index contributed by atoms with van der Waals surface area (Å²) in [4.78, 5) is 4.64. The lowest BCUT2D eigenvalue weighted by Gasteiger charge is -2.38. The minimum Gasteiger partial charge on any atom is -0.381 e. The Kier molecular flexibility index (Phi) is 4.21. The first-order chi connectivity index (χ1) is 11.8. The molecule has 24 heavy (non-hydrogen) atoms. The van der Waals surface area contributed by atoms with Gasteiger partial charge in [-0.2, -0.15) is 0 Å². The van der Waals surface area contributed by atoms with Gasteiger partial charge in [-0.25, -0.2) is 9.37 Å². The fraction of sp³-hybridized carbons (Fsp3) is 0.316. The maximum absolute atomic E-state index is 13.7. The topological polar surface area (TPSA) is 34.2 Å². The van der Waals surface area contributed by atoms with Gasteiger partial charge >= 0.3 is 0 Å². The number of para-hydroxylation sites is 1. The van der Waals surface area contributed by atoms with E-state index in [0.29, 0.717) is 13.2 Å². The second kappa shape index (κ2) is 6.49. The Hall–Kier alpha value is -1.98. The number of thiazole rings is 1. The van der Waals surface area contributed by atoms with Crippen LogP contribution in [0.5, 0.6) is 0 Å². The monoisotopic (exact) mass is 342 g/mol. The third-order valence-electron chi connectivity index (χ3n) is 4.76. The number of ether oxygens (including phenoxy) is 1. The largest absolute Gasteiger partial charge is 0.381 e. The first kappa shape index (κ1) is 15.5. The summed E-state index contributed by atoms with van der Waals surface area (Å²) in [5.41, 5.74) is 1.94. The van der Waals surface area contributed by atoms with E-state index in [1.165, 1.54) is 10.8 Å². The summed E-state index contributed by atoms with van der Waals surface area (Å²) in [5, 5.41) is 4.41. The zero-order valence-electron chi connectivity index (χ0n) is 13.3. The number of aromatic nitrogens is 1. The van der Waals surface area contributed by atoms with E-state index in [0.717, 1.165) is 35.6 Å². The summed E-state index contributed by atoms with van der Waals surface area (Å²) in [5.74, 6) is -0.182. The molecule has 0 bridgehead atoms. The number of rotatable bonds is 4. The first-order valence-electron chi connectivity index (χ1n) is 8.18. The molecule has 0 unspecified atom stereocenters. The van der Waals surface area contributed by atoms with Crippen molar-refractivity contribution < 1.29 is 9.13 Å². The highest BCUT2D eigenvalue weighted by Gasteiger charge is 2.34. The summed E-state index contributed by atoms with van der Waals surface area (Å²) < 4.78 is 20.4. The van der Waals surface area contributed by atoms with Gasteiger partial charge in [-0.1, -0.05) is 35.6 Å². The van der Waals surface area contributed by atoms with Crippen LogP contribution >= 0.6 is 11.3 Å². The molecule has 1 aromatic heterocycles. The number of nitrogens with one attached hydrogen (secondary N) is 1. The third kappa shape index (κ3) is 3.01. The Morgan fingerprint density at radius 2 is 1.96 bits per heavy atom. The number of nitrogens with zero attached hydrogens (tertiary/aromatic N) is 1. The standard InChI is InChI=1S/C19H19FN2OS/c20-15-5-3-4-14(12-15)19(8-10-23-11-9-19)13-21-18-22-16-6-1-2-7-17(16)24-18/h1-7,12H,8-11,13H2,(H,21,22). The van der Waals surface area contributed by atoms with Gasteiger partial charge in [0.2, 0.25) is 0 Å². The van der Waals surface area contributed by atoms with Gasteiger partial charge in [-0.3, -0.25) is 0 Å². The molecule has 1 N–H and O–H groups in total. The second-order valence-electron chi connectivity index (χ2n) is 6.24. The minimum atomic E-state index is -0.182. The summed E-state index contributed by atoms with van der Waals surface area (Å²) >= 11 is 1.66. The summed E-state index contributed by atoms with van der Waals surface area (Å²) in [6, 6.07) is 15.1. The zero-order valence-corrected chi connectivity index (χ0v) is 14.1. The number of anilines is 1. The smallest absolute Gasteiger partial charge is 0.183 e. The van der Waals surface area contributed by atoms with Crippen molar-refractivity contribution in [3.05, 3.63) is 59.9 Å². The summed E-state index contributed by atoms with van der Waals surface area (Å²) in [6.45, 7) is 2.15. The average Bonchev–Trinajstić information content (AvgIpc) is 3.04. The van der Waals surface area contributed by atoms with E-state index >= 15 is 0 Å². The van der Waals surface area contributed by atoms with Gasteiger partial charge in [0.15, 0.2) is 5.13 Å². The maximum Gasteiger partial charge on any atom is 0.183 e. The summed E-state index contributed by atoms with van der Waals surface area (Å²) in [6.07, 6.45) is 1.77. The molecule has 0 aliphatic carbocycles. The van der Waals surface area contributed by atoms with Crippen LogP contribution in [0.25, 0.3) is 10.2 Å². The quantitative estimate of drug-likeness (QED) is 0.753. The van der Waals surface area contributed by atoms with Crippen molar-refractivity contribution >= 4 is 26.7 Å². The van der Waals surface area contributed by atoms with E-state index in [9.17, 15) is 4.39 Å². The Bertz CT molecular complexity index is 809. The van der Waals surface area contributed by atoms with Crippen LogP contribution in [0.15, 0.2) is 48.5 Å². The van der Waals surface area contributed by atoms with Crippen molar-refractivity contribution in [2.75, 3.05) is 25.1 Å². The third-order valence-corrected chi connectivity index (χ3v) is 5.75. The molecule has 3 nitrogen and oxygen atoms in total. The molecule has 0 spiro atoms. The number of halogens is 1. The predicted octanol–water partition coefficient (Wildman–Crippen LogP) is 4.60. The van der Waals surface area contributed by atoms with E-state index < -0.39 is 0 Å². The molecule has 0 saturated carbocycles. The molecule has 1 fully saturated rings. The normalized spacial score (nSPS) is 17.0. The predicted molar refractivity (Wildman–Crippen MR) is 96.2 cm³/mol. The molecule has 0 atom stereocenters. The van der Waals surface area contributed by atoms with Crippen LogP contribution in [0.4, 0.5) is 9.52 Å². The van der Waals surface area contributed by atoms with Gasteiger partial charge in [0, 0.05) is 25.2 Å². The molecule has 3 aromatic rings. The summed E-state index contributed by atoms with van der Waals surface area (Å²) in [7, 11) is 0. The highest BCUT2D eigenvalue weighted by atomic mass is 32.1. The van der Waals surface area contributed by atoms with E-state index in [-0.39, 0.29) is 11.2 Å². The second-order valence-corrected chi connectivity index (χ2v) is 7.27. The lowest BCUT2D eigenvalue weighted by atomic mass is 9.74. The number of benzene rings is 2. The van der Waals surface area contributed by atoms with Crippen LogP contribution in [0.2, 0.25) is 0 Å². The Labute approximate surface area is 144 Å². The highest BCUT2D eigenvalue weighted by molar-refractivity contribution is 7.22. The molecule has 1 aliphatic rings. The molecule has 2 heterocycles. The van der Waals surface area contributed by atoms with Crippen molar-refractivity contribution in [2.24, 2.45) is 0 Å². The molecule has 0 amide bonds. The van der Waals surface area contributed by atoms with Gasteiger partial charge in [-0.05, 0) is 42.7 Å². The number of hydrogen-bond acceptors (Lipinski definition) is 4.